The van der Waals surface area contributed by atoms with Gasteiger partial charge >= 0.3 is 0 Å². The summed E-state index contributed by atoms with van der Waals surface area (Å²) in [7, 11) is 1.73. The van der Waals surface area contributed by atoms with E-state index >= 15 is 0 Å². The molecule has 0 saturated heterocycles. The van der Waals surface area contributed by atoms with E-state index in [4.69, 9.17) is 4.74 Å². The van der Waals surface area contributed by atoms with Crippen LogP contribution in [0, 0.1) is 12.3 Å². The van der Waals surface area contributed by atoms with Crippen LogP contribution in [0.3, 0.4) is 0 Å². The number of nitrogens with one attached hydrogen (secondary N) is 1. The molecule has 90 valence electrons. The molecule has 0 spiro atoms. The highest BCUT2D eigenvalue weighted by molar-refractivity contribution is 5.24. The van der Waals surface area contributed by atoms with Crippen LogP contribution in [0.25, 0.3) is 0 Å². The highest BCUT2D eigenvalue weighted by atomic mass is 16.5. The van der Waals surface area contributed by atoms with Gasteiger partial charge in [-0.3, -0.25) is 0 Å². The molecular formula is C12H21N3O. The first-order valence-electron chi connectivity index (χ1n) is 5.56. The maximum Gasteiger partial charge on any atom is 0.222 e. The van der Waals surface area contributed by atoms with Crippen molar-refractivity contribution in [2.75, 3.05) is 25.6 Å². The average Bonchev–Trinajstić information content (AvgIpc) is 2.24. The number of rotatable bonds is 6. The summed E-state index contributed by atoms with van der Waals surface area (Å²) >= 11 is 0. The van der Waals surface area contributed by atoms with E-state index in [1.54, 1.807) is 13.3 Å². The third-order valence-electron chi connectivity index (χ3n) is 2.50. The lowest BCUT2D eigenvalue weighted by Gasteiger charge is -2.24. The number of aromatic nitrogens is 2. The van der Waals surface area contributed by atoms with Crippen LogP contribution >= 0.6 is 0 Å². The van der Waals surface area contributed by atoms with E-state index in [0.29, 0.717) is 5.95 Å². The molecule has 0 saturated carbocycles. The molecule has 0 aliphatic heterocycles. The molecule has 1 heterocycles. The molecule has 0 unspecified atom stereocenters. The molecule has 0 fully saturated rings. The second-order valence-corrected chi connectivity index (χ2v) is 4.78. The van der Waals surface area contributed by atoms with E-state index in [0.717, 1.165) is 25.3 Å². The summed E-state index contributed by atoms with van der Waals surface area (Å²) in [5.74, 6) is 0.700. The minimum absolute atomic E-state index is 0.184. The number of anilines is 1. The zero-order valence-electron chi connectivity index (χ0n) is 10.6. The fourth-order valence-corrected chi connectivity index (χ4v) is 1.32. The van der Waals surface area contributed by atoms with Gasteiger partial charge in [-0.1, -0.05) is 13.8 Å². The lowest BCUT2D eigenvalue weighted by Crippen LogP contribution is -2.25. The molecule has 0 radical (unpaired) electrons. The van der Waals surface area contributed by atoms with Gasteiger partial charge in [-0.05, 0) is 24.8 Å². The molecule has 0 aromatic carbocycles. The molecule has 0 amide bonds. The van der Waals surface area contributed by atoms with Crippen LogP contribution in [0.4, 0.5) is 5.95 Å². The average molecular weight is 223 g/mol. The molecular weight excluding hydrogens is 202 g/mol. The smallest absolute Gasteiger partial charge is 0.222 e. The molecule has 16 heavy (non-hydrogen) atoms. The second-order valence-electron chi connectivity index (χ2n) is 4.78. The van der Waals surface area contributed by atoms with E-state index < -0.39 is 0 Å². The number of methoxy groups -OCH3 is 1. The third kappa shape index (κ3) is 4.57. The topological polar surface area (TPSA) is 47.0 Å². The standard InChI is InChI=1S/C12H21N3O/c1-10-5-7-13-11(15-10)14-9-12(2,3)6-8-16-4/h5,7H,6,8-9H2,1-4H3,(H,13,14,15). The predicted octanol–water partition coefficient (Wildman–Crippen LogP) is 2.26. The molecule has 1 N–H and O–H groups in total. The number of hydrogen-bond donors (Lipinski definition) is 1. The van der Waals surface area contributed by atoms with Crippen molar-refractivity contribution in [3.05, 3.63) is 18.0 Å². The normalized spacial score (nSPS) is 11.5. The van der Waals surface area contributed by atoms with Crippen molar-refractivity contribution in [3.63, 3.8) is 0 Å². The lowest BCUT2D eigenvalue weighted by atomic mass is 9.90. The lowest BCUT2D eigenvalue weighted by molar-refractivity contribution is 0.157. The van der Waals surface area contributed by atoms with E-state index in [2.05, 4.69) is 29.1 Å². The van der Waals surface area contributed by atoms with Crippen molar-refractivity contribution in [3.8, 4) is 0 Å². The van der Waals surface area contributed by atoms with Crippen LogP contribution in [0.5, 0.6) is 0 Å². The van der Waals surface area contributed by atoms with Crippen molar-refractivity contribution in [1.29, 1.82) is 0 Å². The number of aryl methyl sites for hydroxylation is 1. The number of hydrogen-bond acceptors (Lipinski definition) is 4. The van der Waals surface area contributed by atoms with Crippen LogP contribution in [0.15, 0.2) is 12.3 Å². The quantitative estimate of drug-likeness (QED) is 0.803. The minimum Gasteiger partial charge on any atom is -0.385 e. The second kappa shape index (κ2) is 5.80. The molecule has 4 nitrogen and oxygen atoms in total. The first-order chi connectivity index (χ1) is 7.53. The monoisotopic (exact) mass is 223 g/mol. The van der Waals surface area contributed by atoms with Crippen LogP contribution in [0.1, 0.15) is 26.0 Å². The first-order valence-corrected chi connectivity index (χ1v) is 5.56. The highest BCUT2D eigenvalue weighted by Gasteiger charge is 2.17. The van der Waals surface area contributed by atoms with Crippen LogP contribution < -0.4 is 5.32 Å². The summed E-state index contributed by atoms with van der Waals surface area (Å²) in [5.41, 5.74) is 1.16. The predicted molar refractivity (Wildman–Crippen MR) is 65.5 cm³/mol. The van der Waals surface area contributed by atoms with Gasteiger partial charge in [0.15, 0.2) is 0 Å². The minimum atomic E-state index is 0.184. The van der Waals surface area contributed by atoms with Gasteiger partial charge in [-0.2, -0.15) is 0 Å². The molecule has 1 aromatic rings. The van der Waals surface area contributed by atoms with Crippen molar-refractivity contribution in [2.24, 2.45) is 5.41 Å². The summed E-state index contributed by atoms with van der Waals surface area (Å²) in [5, 5.41) is 3.26. The Hall–Kier alpha value is -1.16. The molecule has 1 aromatic heterocycles. The Labute approximate surface area is 97.5 Å². The van der Waals surface area contributed by atoms with Gasteiger partial charge in [-0.25, -0.2) is 9.97 Å². The number of nitrogens with zero attached hydrogens (tertiary/aromatic N) is 2. The Balaban J connectivity index is 2.44. The Morgan fingerprint density at radius 2 is 2.19 bits per heavy atom. The van der Waals surface area contributed by atoms with Gasteiger partial charge in [0.25, 0.3) is 0 Å². The Morgan fingerprint density at radius 1 is 1.44 bits per heavy atom. The summed E-state index contributed by atoms with van der Waals surface area (Å²) < 4.78 is 5.09. The molecule has 4 heteroatoms. The SMILES string of the molecule is COCCC(C)(C)CNc1nccc(C)n1. The van der Waals surface area contributed by atoms with Crippen LogP contribution in [-0.2, 0) is 4.74 Å². The van der Waals surface area contributed by atoms with Crippen LogP contribution in [-0.4, -0.2) is 30.2 Å². The van der Waals surface area contributed by atoms with Gasteiger partial charge in [0, 0.05) is 32.2 Å². The maximum atomic E-state index is 5.09. The largest absolute Gasteiger partial charge is 0.385 e. The van der Waals surface area contributed by atoms with Gasteiger partial charge in [0.1, 0.15) is 0 Å². The number of ether oxygens (including phenoxy) is 1. The fourth-order valence-electron chi connectivity index (χ4n) is 1.32. The van der Waals surface area contributed by atoms with Gasteiger partial charge in [0.2, 0.25) is 5.95 Å². The molecule has 1 rings (SSSR count). The summed E-state index contributed by atoms with van der Waals surface area (Å²) in [6, 6.07) is 1.89. The highest BCUT2D eigenvalue weighted by Crippen LogP contribution is 2.20. The summed E-state index contributed by atoms with van der Waals surface area (Å²) in [6.45, 7) is 8.00. The van der Waals surface area contributed by atoms with Crippen molar-refractivity contribution in [1.82, 2.24) is 9.97 Å². The molecule has 0 bridgehead atoms. The molecule has 0 aliphatic carbocycles. The van der Waals surface area contributed by atoms with Crippen molar-refractivity contribution >= 4 is 5.95 Å². The Bertz CT molecular complexity index is 326. The van der Waals surface area contributed by atoms with Crippen LogP contribution in [0.2, 0.25) is 0 Å². The zero-order valence-corrected chi connectivity index (χ0v) is 10.6. The van der Waals surface area contributed by atoms with Gasteiger partial charge < -0.3 is 10.1 Å². The summed E-state index contributed by atoms with van der Waals surface area (Å²) in [6.07, 6.45) is 2.79. The maximum absolute atomic E-state index is 5.09. The fraction of sp³-hybridized carbons (Fsp3) is 0.667. The van der Waals surface area contributed by atoms with E-state index in [-0.39, 0.29) is 5.41 Å². The summed E-state index contributed by atoms with van der Waals surface area (Å²) in [4.78, 5) is 8.47. The van der Waals surface area contributed by atoms with Crippen molar-refractivity contribution < 1.29 is 4.74 Å². The van der Waals surface area contributed by atoms with E-state index in [1.165, 1.54) is 0 Å². The van der Waals surface area contributed by atoms with E-state index in [1.807, 2.05) is 13.0 Å². The molecule has 0 aliphatic rings. The van der Waals surface area contributed by atoms with Crippen molar-refractivity contribution in [2.45, 2.75) is 27.2 Å². The molecule has 0 atom stereocenters. The van der Waals surface area contributed by atoms with Gasteiger partial charge in [0.05, 0.1) is 0 Å². The van der Waals surface area contributed by atoms with E-state index in [9.17, 15) is 0 Å². The Kier molecular flexibility index (Phi) is 4.68. The third-order valence-corrected chi connectivity index (χ3v) is 2.50. The Morgan fingerprint density at radius 3 is 2.81 bits per heavy atom. The first kappa shape index (κ1) is 12.9. The zero-order chi connectivity index (χ0) is 12.0. The van der Waals surface area contributed by atoms with Gasteiger partial charge in [-0.15, -0.1) is 0 Å².